The van der Waals surface area contributed by atoms with E-state index in [0.717, 1.165) is 35.6 Å². The Labute approximate surface area is 162 Å². The molecule has 3 aromatic rings. The molecule has 144 valence electrons. The predicted octanol–water partition coefficient (Wildman–Crippen LogP) is 2.66. The van der Waals surface area contributed by atoms with E-state index >= 15 is 0 Å². The molecule has 8 heteroatoms. The summed E-state index contributed by atoms with van der Waals surface area (Å²) in [6.07, 6.45) is 3.31. The van der Waals surface area contributed by atoms with Gasteiger partial charge in [0, 0.05) is 17.7 Å². The smallest absolute Gasteiger partial charge is 0.254 e. The van der Waals surface area contributed by atoms with E-state index in [0.29, 0.717) is 12.1 Å². The van der Waals surface area contributed by atoms with Gasteiger partial charge in [0.25, 0.3) is 5.91 Å². The highest BCUT2D eigenvalue weighted by Crippen LogP contribution is 2.39. The van der Waals surface area contributed by atoms with Gasteiger partial charge in [-0.2, -0.15) is 0 Å². The minimum absolute atomic E-state index is 0.0257. The van der Waals surface area contributed by atoms with Crippen LogP contribution in [0.2, 0.25) is 0 Å². The molecular formula is C20H21N5O3. The Morgan fingerprint density at radius 3 is 2.79 bits per heavy atom. The van der Waals surface area contributed by atoms with Crippen molar-refractivity contribution in [3.05, 3.63) is 59.9 Å². The highest BCUT2D eigenvalue weighted by Gasteiger charge is 2.32. The number of carbonyl (C=O) groups is 1. The number of rotatable bonds is 5. The molecule has 1 fully saturated rings. The van der Waals surface area contributed by atoms with Crippen LogP contribution >= 0.6 is 0 Å². The van der Waals surface area contributed by atoms with Gasteiger partial charge in [0.05, 0.1) is 25.9 Å². The second-order valence-electron chi connectivity index (χ2n) is 6.57. The molecule has 8 nitrogen and oxygen atoms in total. The van der Waals surface area contributed by atoms with Crippen molar-refractivity contribution in [2.75, 3.05) is 20.8 Å². The minimum Gasteiger partial charge on any atom is -0.497 e. The summed E-state index contributed by atoms with van der Waals surface area (Å²) in [5, 5.41) is 11.2. The number of nitrogens with zero attached hydrogens (tertiary/aromatic N) is 5. The van der Waals surface area contributed by atoms with Crippen molar-refractivity contribution < 1.29 is 14.3 Å². The third-order valence-electron chi connectivity index (χ3n) is 5.02. The van der Waals surface area contributed by atoms with E-state index in [9.17, 15) is 4.79 Å². The number of hydrogen-bond donors (Lipinski definition) is 0. The molecule has 1 atom stereocenters. The average molecular weight is 379 g/mol. The van der Waals surface area contributed by atoms with Crippen molar-refractivity contribution >= 4 is 5.91 Å². The first kappa shape index (κ1) is 18.0. The van der Waals surface area contributed by atoms with E-state index in [1.54, 1.807) is 20.3 Å². The quantitative estimate of drug-likeness (QED) is 0.678. The Morgan fingerprint density at radius 2 is 2.04 bits per heavy atom. The summed E-state index contributed by atoms with van der Waals surface area (Å²) in [6, 6.07) is 12.9. The van der Waals surface area contributed by atoms with Crippen LogP contribution in [-0.4, -0.2) is 51.8 Å². The van der Waals surface area contributed by atoms with Crippen LogP contribution in [0.3, 0.4) is 0 Å². The summed E-state index contributed by atoms with van der Waals surface area (Å²) in [6.45, 7) is 0.693. The summed E-state index contributed by atoms with van der Waals surface area (Å²) in [5.74, 6) is 1.48. The first-order valence-corrected chi connectivity index (χ1v) is 9.07. The number of aromatic nitrogens is 4. The molecule has 0 N–H and O–H groups in total. The van der Waals surface area contributed by atoms with Crippen LogP contribution in [0.4, 0.5) is 0 Å². The van der Waals surface area contributed by atoms with Gasteiger partial charge in [-0.3, -0.25) is 4.79 Å². The molecule has 0 aliphatic carbocycles. The molecule has 1 unspecified atom stereocenters. The molecule has 1 saturated heterocycles. The normalized spacial score (nSPS) is 16.2. The Balaban J connectivity index is 1.66. The van der Waals surface area contributed by atoms with Crippen LogP contribution in [0, 0.1) is 0 Å². The SMILES string of the molecule is COc1ccc(OC)c(C2CCCN2C(=O)c2cccc(-n3cnnn3)c2)c1. The van der Waals surface area contributed by atoms with Crippen LogP contribution < -0.4 is 9.47 Å². The molecule has 1 aliphatic rings. The highest BCUT2D eigenvalue weighted by molar-refractivity contribution is 5.95. The van der Waals surface area contributed by atoms with Crippen LogP contribution in [0.1, 0.15) is 34.8 Å². The molecule has 28 heavy (non-hydrogen) atoms. The molecule has 0 spiro atoms. The van der Waals surface area contributed by atoms with E-state index in [1.165, 1.54) is 11.0 Å². The minimum atomic E-state index is -0.0609. The zero-order valence-corrected chi connectivity index (χ0v) is 15.8. The lowest BCUT2D eigenvalue weighted by molar-refractivity contribution is 0.0734. The van der Waals surface area contributed by atoms with Gasteiger partial charge in [-0.1, -0.05) is 6.07 Å². The van der Waals surface area contributed by atoms with E-state index in [2.05, 4.69) is 15.5 Å². The lowest BCUT2D eigenvalue weighted by atomic mass is 10.0. The standard InChI is InChI=1S/C20H21N5O3/c1-27-16-8-9-19(28-2)17(12-16)18-7-4-10-24(18)20(26)14-5-3-6-15(11-14)25-13-21-22-23-25/h3,5-6,8-9,11-13,18H,4,7,10H2,1-2H3. The van der Waals surface area contributed by atoms with Crippen molar-refractivity contribution in [3.63, 3.8) is 0 Å². The summed E-state index contributed by atoms with van der Waals surface area (Å²) >= 11 is 0. The second kappa shape index (κ2) is 7.67. The molecule has 0 radical (unpaired) electrons. The largest absolute Gasteiger partial charge is 0.497 e. The highest BCUT2D eigenvalue weighted by atomic mass is 16.5. The number of hydrogen-bond acceptors (Lipinski definition) is 6. The van der Waals surface area contributed by atoms with Crippen LogP contribution in [0.25, 0.3) is 5.69 Å². The monoisotopic (exact) mass is 379 g/mol. The first-order valence-electron chi connectivity index (χ1n) is 9.07. The van der Waals surface area contributed by atoms with Crippen LogP contribution in [-0.2, 0) is 0 Å². The first-order chi connectivity index (χ1) is 13.7. The summed E-state index contributed by atoms with van der Waals surface area (Å²) < 4.78 is 12.4. The third kappa shape index (κ3) is 3.28. The Kier molecular flexibility index (Phi) is 4.92. The van der Waals surface area contributed by atoms with Gasteiger partial charge in [-0.05, 0) is 59.7 Å². The lowest BCUT2D eigenvalue weighted by Crippen LogP contribution is -2.30. The molecule has 1 aromatic heterocycles. The number of benzene rings is 2. The Morgan fingerprint density at radius 1 is 1.14 bits per heavy atom. The Hall–Kier alpha value is -3.42. The van der Waals surface area contributed by atoms with Gasteiger partial charge in [0.2, 0.25) is 0 Å². The number of likely N-dealkylation sites (tertiary alicyclic amines) is 1. The second-order valence-corrected chi connectivity index (χ2v) is 6.57. The predicted molar refractivity (Wildman–Crippen MR) is 102 cm³/mol. The molecule has 2 aromatic carbocycles. The Bertz CT molecular complexity index is 974. The number of ether oxygens (including phenoxy) is 2. The van der Waals surface area contributed by atoms with Gasteiger partial charge in [-0.25, -0.2) is 4.68 Å². The van der Waals surface area contributed by atoms with E-state index in [1.807, 2.05) is 41.3 Å². The van der Waals surface area contributed by atoms with Crippen LogP contribution in [0.15, 0.2) is 48.8 Å². The summed E-state index contributed by atoms with van der Waals surface area (Å²) in [4.78, 5) is 15.2. The van der Waals surface area contributed by atoms with E-state index in [4.69, 9.17) is 9.47 Å². The van der Waals surface area contributed by atoms with Crippen molar-refractivity contribution in [1.82, 2.24) is 25.1 Å². The lowest BCUT2D eigenvalue weighted by Gasteiger charge is -2.27. The zero-order valence-electron chi connectivity index (χ0n) is 15.8. The van der Waals surface area contributed by atoms with Gasteiger partial charge in [0.15, 0.2) is 0 Å². The number of carbonyl (C=O) groups excluding carboxylic acids is 1. The molecule has 1 amide bonds. The molecular weight excluding hydrogens is 358 g/mol. The van der Waals surface area contributed by atoms with E-state index in [-0.39, 0.29) is 11.9 Å². The molecule has 2 heterocycles. The fourth-order valence-corrected chi connectivity index (χ4v) is 3.66. The van der Waals surface area contributed by atoms with Gasteiger partial charge in [-0.15, -0.1) is 5.10 Å². The fourth-order valence-electron chi connectivity index (χ4n) is 3.66. The van der Waals surface area contributed by atoms with Crippen molar-refractivity contribution in [3.8, 4) is 17.2 Å². The molecule has 0 bridgehead atoms. The van der Waals surface area contributed by atoms with Gasteiger partial charge in [0.1, 0.15) is 17.8 Å². The number of methoxy groups -OCH3 is 2. The summed E-state index contributed by atoms with van der Waals surface area (Å²) in [5.41, 5.74) is 2.30. The average Bonchev–Trinajstić information content (AvgIpc) is 3.45. The van der Waals surface area contributed by atoms with Gasteiger partial charge >= 0.3 is 0 Å². The van der Waals surface area contributed by atoms with E-state index < -0.39 is 0 Å². The maximum Gasteiger partial charge on any atom is 0.254 e. The maximum absolute atomic E-state index is 13.3. The van der Waals surface area contributed by atoms with Crippen LogP contribution in [0.5, 0.6) is 11.5 Å². The molecule has 1 aliphatic heterocycles. The zero-order chi connectivity index (χ0) is 19.5. The molecule has 4 rings (SSSR count). The van der Waals surface area contributed by atoms with Crippen molar-refractivity contribution in [2.24, 2.45) is 0 Å². The van der Waals surface area contributed by atoms with Gasteiger partial charge < -0.3 is 14.4 Å². The van der Waals surface area contributed by atoms with Crippen molar-refractivity contribution in [1.29, 1.82) is 0 Å². The molecule has 0 saturated carbocycles. The number of tetrazole rings is 1. The maximum atomic E-state index is 13.3. The fraction of sp³-hybridized carbons (Fsp3) is 0.300. The third-order valence-corrected chi connectivity index (χ3v) is 5.02. The van der Waals surface area contributed by atoms with Crippen molar-refractivity contribution in [2.45, 2.75) is 18.9 Å². The topological polar surface area (TPSA) is 82.4 Å². The summed E-state index contributed by atoms with van der Waals surface area (Å²) in [7, 11) is 3.27. The number of amides is 1.